The first-order valence-corrected chi connectivity index (χ1v) is 16.2. The molecule has 0 aromatic heterocycles. The highest BCUT2D eigenvalue weighted by Crippen LogP contribution is 2.71. The molecule has 4 aliphatic carbocycles. The average Bonchev–Trinajstić information content (AvgIpc) is 3.36. The van der Waals surface area contributed by atoms with Gasteiger partial charge in [0.25, 0.3) is 0 Å². The summed E-state index contributed by atoms with van der Waals surface area (Å²) in [4.78, 5) is 12.7. The fourth-order valence-electron chi connectivity index (χ4n) is 11.3. The fraction of sp³-hybridized carbons (Fsp3) is 0.794. The highest BCUT2D eigenvalue weighted by molar-refractivity contribution is 5.89. The minimum Gasteiger partial charge on any atom is -0.349 e. The predicted molar refractivity (Wildman–Crippen MR) is 154 cm³/mol. The van der Waals surface area contributed by atoms with Gasteiger partial charge >= 0.3 is 6.03 Å². The van der Waals surface area contributed by atoms with Crippen LogP contribution in [0.15, 0.2) is 30.3 Å². The molecule has 0 bridgehead atoms. The third-order valence-corrected chi connectivity index (χ3v) is 13.3. The van der Waals surface area contributed by atoms with Crippen molar-refractivity contribution >= 4 is 11.7 Å². The van der Waals surface area contributed by atoms with E-state index < -0.39 is 0 Å². The molecule has 2 amide bonds. The molecule has 1 aromatic carbocycles. The SMILES string of the molecule is C[C@H]1CC[C@@]2(OC1)O[C@H]1C[C@H]3[C@@H]4CC[C@@H]5CC(NC(=O)Nc6ccccc6)CC[C@]5(C)[C@H]4CC[C@]3(C)[C@H]1[C@@H]2C. The van der Waals surface area contributed by atoms with Crippen molar-refractivity contribution in [2.45, 2.75) is 110 Å². The number of ether oxygens (including phenoxy) is 2. The molecule has 1 spiro atoms. The van der Waals surface area contributed by atoms with Gasteiger partial charge in [0.15, 0.2) is 5.79 Å². The molecule has 2 heterocycles. The van der Waals surface area contributed by atoms with Crippen LogP contribution in [0.25, 0.3) is 0 Å². The van der Waals surface area contributed by atoms with Crippen LogP contribution >= 0.6 is 0 Å². The summed E-state index contributed by atoms with van der Waals surface area (Å²) in [5.74, 6) is 4.65. The van der Waals surface area contributed by atoms with E-state index in [0.717, 1.165) is 55.2 Å². The largest absolute Gasteiger partial charge is 0.349 e. The van der Waals surface area contributed by atoms with E-state index in [2.05, 4.69) is 38.3 Å². The summed E-state index contributed by atoms with van der Waals surface area (Å²) >= 11 is 0. The van der Waals surface area contributed by atoms with Crippen LogP contribution in [0.1, 0.15) is 91.9 Å². The van der Waals surface area contributed by atoms with E-state index in [1.165, 1.54) is 44.9 Å². The quantitative estimate of drug-likeness (QED) is 0.410. The van der Waals surface area contributed by atoms with Gasteiger partial charge in [-0.3, -0.25) is 0 Å². The molecule has 6 aliphatic rings. The first kappa shape index (κ1) is 26.3. The Kier molecular flexibility index (Phi) is 6.39. The Morgan fingerprint density at radius 2 is 1.69 bits per heavy atom. The van der Waals surface area contributed by atoms with Gasteiger partial charge in [0.1, 0.15) is 0 Å². The van der Waals surface area contributed by atoms with Crippen LogP contribution in [0.4, 0.5) is 10.5 Å². The molecule has 2 saturated heterocycles. The molecule has 2 N–H and O–H groups in total. The zero-order valence-electron chi connectivity index (χ0n) is 24.6. The molecule has 6 fully saturated rings. The molecular formula is C34H50N2O3. The lowest BCUT2D eigenvalue weighted by Crippen LogP contribution is -2.56. The summed E-state index contributed by atoms with van der Waals surface area (Å²) in [6, 6.07) is 10.0. The number of carbonyl (C=O) groups is 1. The minimum absolute atomic E-state index is 0.0577. The number of hydrogen-bond donors (Lipinski definition) is 2. The number of rotatable bonds is 2. The maximum Gasteiger partial charge on any atom is 0.319 e. The van der Waals surface area contributed by atoms with E-state index in [-0.39, 0.29) is 17.9 Å². The third kappa shape index (κ3) is 4.11. The second kappa shape index (κ2) is 9.48. The van der Waals surface area contributed by atoms with Crippen molar-refractivity contribution in [2.24, 2.45) is 52.3 Å². The normalized spacial score (nSPS) is 50.4. The zero-order chi connectivity index (χ0) is 27.0. The summed E-state index contributed by atoms with van der Waals surface area (Å²) in [6.07, 6.45) is 12.8. The molecule has 5 heteroatoms. The smallest absolute Gasteiger partial charge is 0.319 e. The van der Waals surface area contributed by atoms with E-state index in [0.29, 0.717) is 34.7 Å². The van der Waals surface area contributed by atoms with E-state index >= 15 is 0 Å². The maximum absolute atomic E-state index is 12.7. The number of benzene rings is 1. The lowest BCUT2D eigenvalue weighted by molar-refractivity contribution is -0.273. The summed E-state index contributed by atoms with van der Waals surface area (Å²) in [7, 11) is 0. The van der Waals surface area contributed by atoms with Crippen molar-refractivity contribution in [2.75, 3.05) is 11.9 Å². The second-order valence-electron chi connectivity index (χ2n) is 15.1. The summed E-state index contributed by atoms with van der Waals surface area (Å²) in [5.41, 5.74) is 1.65. The van der Waals surface area contributed by atoms with Gasteiger partial charge in [-0.1, -0.05) is 45.9 Å². The molecule has 1 aromatic rings. The van der Waals surface area contributed by atoms with Crippen LogP contribution in [0, 0.1) is 52.3 Å². The van der Waals surface area contributed by atoms with Gasteiger partial charge in [0.2, 0.25) is 0 Å². The number of amides is 2. The minimum atomic E-state index is -0.311. The zero-order valence-corrected chi connectivity index (χ0v) is 24.6. The summed E-state index contributed by atoms with van der Waals surface area (Å²) in [5, 5.41) is 6.34. The van der Waals surface area contributed by atoms with Gasteiger partial charge in [-0.25, -0.2) is 4.79 Å². The van der Waals surface area contributed by atoms with Crippen molar-refractivity contribution in [3.05, 3.63) is 30.3 Å². The highest BCUT2D eigenvalue weighted by atomic mass is 16.7. The monoisotopic (exact) mass is 534 g/mol. The number of anilines is 1. The van der Waals surface area contributed by atoms with Gasteiger partial charge in [0.05, 0.1) is 12.7 Å². The maximum atomic E-state index is 12.7. The van der Waals surface area contributed by atoms with Crippen molar-refractivity contribution < 1.29 is 14.3 Å². The van der Waals surface area contributed by atoms with Crippen LogP contribution in [0.3, 0.4) is 0 Å². The van der Waals surface area contributed by atoms with Gasteiger partial charge in [-0.15, -0.1) is 0 Å². The number of urea groups is 1. The molecular weight excluding hydrogens is 484 g/mol. The molecule has 214 valence electrons. The average molecular weight is 535 g/mol. The molecule has 0 radical (unpaired) electrons. The summed E-state index contributed by atoms with van der Waals surface area (Å²) < 4.78 is 13.5. The number of carbonyl (C=O) groups excluding carboxylic acids is 1. The van der Waals surface area contributed by atoms with E-state index in [9.17, 15) is 4.79 Å². The lowest BCUT2D eigenvalue weighted by Gasteiger charge is -2.61. The van der Waals surface area contributed by atoms with Gasteiger partial charge in [-0.05, 0) is 116 Å². The first-order chi connectivity index (χ1) is 18.7. The Hall–Kier alpha value is -1.59. The van der Waals surface area contributed by atoms with Crippen molar-refractivity contribution in [3.63, 3.8) is 0 Å². The Morgan fingerprint density at radius 1 is 0.897 bits per heavy atom. The van der Waals surface area contributed by atoms with Crippen LogP contribution in [0.5, 0.6) is 0 Å². The molecule has 12 atom stereocenters. The Labute approximate surface area is 235 Å². The van der Waals surface area contributed by atoms with E-state index in [1.807, 2.05) is 30.3 Å². The van der Waals surface area contributed by atoms with Crippen LogP contribution in [-0.4, -0.2) is 30.6 Å². The van der Waals surface area contributed by atoms with Crippen LogP contribution in [-0.2, 0) is 9.47 Å². The molecule has 4 saturated carbocycles. The number of nitrogens with one attached hydrogen (secondary N) is 2. The van der Waals surface area contributed by atoms with Crippen molar-refractivity contribution in [1.82, 2.24) is 5.32 Å². The van der Waals surface area contributed by atoms with E-state index in [1.54, 1.807) is 0 Å². The topological polar surface area (TPSA) is 59.6 Å². The molecule has 1 unspecified atom stereocenters. The molecule has 2 aliphatic heterocycles. The van der Waals surface area contributed by atoms with Gasteiger partial charge in [-0.2, -0.15) is 0 Å². The van der Waals surface area contributed by atoms with Crippen molar-refractivity contribution in [1.29, 1.82) is 0 Å². The fourth-order valence-corrected chi connectivity index (χ4v) is 11.3. The Balaban J connectivity index is 1.02. The van der Waals surface area contributed by atoms with Crippen molar-refractivity contribution in [3.8, 4) is 0 Å². The Morgan fingerprint density at radius 3 is 2.46 bits per heavy atom. The third-order valence-electron chi connectivity index (χ3n) is 13.3. The summed E-state index contributed by atoms with van der Waals surface area (Å²) in [6.45, 7) is 10.9. The number of para-hydroxylation sites is 1. The van der Waals surface area contributed by atoms with Gasteiger partial charge in [0, 0.05) is 24.1 Å². The molecule has 5 nitrogen and oxygen atoms in total. The predicted octanol–water partition coefficient (Wildman–Crippen LogP) is 7.62. The van der Waals surface area contributed by atoms with E-state index in [4.69, 9.17) is 9.47 Å². The Bertz CT molecular complexity index is 1070. The van der Waals surface area contributed by atoms with Crippen LogP contribution in [0.2, 0.25) is 0 Å². The standard InChI is InChI=1S/C34H50N2O3/c1-21-12-17-34(38-20-21)22(2)30-29(39-34)19-28-26-11-10-23-18-25(36-31(37)35-24-8-6-5-7-9-24)13-15-32(23,3)27(26)14-16-33(28,30)4/h5-9,21-23,25-30H,10-20H2,1-4H3,(H2,35,36,37)/t21-,22-,23+,25?,26+,27-,28-,29-,30-,32-,33-,34+/m0/s1. The molecule has 7 rings (SSSR count). The number of fused-ring (bicyclic) bond motifs is 7. The van der Waals surface area contributed by atoms with Crippen LogP contribution < -0.4 is 10.6 Å². The second-order valence-corrected chi connectivity index (χ2v) is 15.1. The lowest BCUT2D eigenvalue weighted by atomic mass is 9.44. The first-order valence-electron chi connectivity index (χ1n) is 16.2. The number of hydrogen-bond acceptors (Lipinski definition) is 3. The van der Waals surface area contributed by atoms with Gasteiger partial charge < -0.3 is 20.1 Å². The highest BCUT2D eigenvalue weighted by Gasteiger charge is 2.69. The molecule has 39 heavy (non-hydrogen) atoms.